The molecule has 0 radical (unpaired) electrons. The molecule has 18 heavy (non-hydrogen) atoms. The molecule has 2 aliphatic heterocycles. The number of hydrogen-bond donors (Lipinski definition) is 0. The van der Waals surface area contributed by atoms with Gasteiger partial charge in [0.2, 0.25) is 0 Å². The summed E-state index contributed by atoms with van der Waals surface area (Å²) in [5.41, 5.74) is 5.47. The molecule has 0 amide bonds. The molecule has 92 valence electrons. The molecule has 1 aromatic carbocycles. The van der Waals surface area contributed by atoms with Crippen LogP contribution in [0.3, 0.4) is 0 Å². The topological polar surface area (TPSA) is 16.1 Å². The molecule has 0 bridgehead atoms. The van der Waals surface area contributed by atoms with E-state index in [0.29, 0.717) is 0 Å². The monoisotopic (exact) mass is 256 g/mol. The van der Waals surface area contributed by atoms with Crippen molar-refractivity contribution in [2.24, 2.45) is 0 Å². The molecule has 0 spiro atoms. The number of hydrogen-bond acceptors (Lipinski definition) is 3. The van der Waals surface area contributed by atoms with Crippen molar-refractivity contribution in [3.8, 4) is 0 Å². The highest BCUT2D eigenvalue weighted by Gasteiger charge is 2.24. The number of thioether (sulfide) groups is 1. The summed E-state index contributed by atoms with van der Waals surface area (Å²) in [7, 11) is 0. The Kier molecular flexibility index (Phi) is 2.47. The SMILES string of the molecule is c1ccc2c(N3CCCC3)c3c(nc2c1)CSC3. The zero-order chi connectivity index (χ0) is 11.9. The van der Waals surface area contributed by atoms with Gasteiger partial charge in [0.15, 0.2) is 0 Å². The van der Waals surface area contributed by atoms with Crippen molar-refractivity contribution < 1.29 is 0 Å². The summed E-state index contributed by atoms with van der Waals surface area (Å²) >= 11 is 2.00. The largest absolute Gasteiger partial charge is 0.371 e. The van der Waals surface area contributed by atoms with E-state index in [-0.39, 0.29) is 0 Å². The van der Waals surface area contributed by atoms with Crippen LogP contribution in [0.4, 0.5) is 5.69 Å². The Morgan fingerprint density at radius 2 is 1.89 bits per heavy atom. The van der Waals surface area contributed by atoms with E-state index in [4.69, 9.17) is 4.98 Å². The van der Waals surface area contributed by atoms with Crippen LogP contribution in [-0.2, 0) is 11.5 Å². The van der Waals surface area contributed by atoms with Crippen molar-refractivity contribution in [3.63, 3.8) is 0 Å². The van der Waals surface area contributed by atoms with Crippen LogP contribution < -0.4 is 4.90 Å². The number of benzene rings is 1. The van der Waals surface area contributed by atoms with Crippen LogP contribution in [0.25, 0.3) is 10.9 Å². The number of para-hydroxylation sites is 1. The van der Waals surface area contributed by atoms with Gasteiger partial charge in [0.25, 0.3) is 0 Å². The molecule has 2 nitrogen and oxygen atoms in total. The molecule has 1 fully saturated rings. The Morgan fingerprint density at radius 3 is 2.78 bits per heavy atom. The first-order valence-electron chi connectivity index (χ1n) is 6.67. The van der Waals surface area contributed by atoms with E-state index in [1.165, 1.54) is 53.8 Å². The number of rotatable bonds is 1. The fraction of sp³-hybridized carbons (Fsp3) is 0.400. The zero-order valence-corrected chi connectivity index (χ0v) is 11.2. The summed E-state index contributed by atoms with van der Waals surface area (Å²) in [5, 5.41) is 1.35. The normalized spacial score (nSPS) is 18.6. The predicted octanol–water partition coefficient (Wildman–Crippen LogP) is 3.58. The second-order valence-electron chi connectivity index (χ2n) is 5.09. The highest BCUT2D eigenvalue weighted by molar-refractivity contribution is 7.98. The van der Waals surface area contributed by atoms with E-state index in [0.717, 1.165) is 11.5 Å². The van der Waals surface area contributed by atoms with Crippen LogP contribution >= 0.6 is 11.8 Å². The maximum absolute atomic E-state index is 4.84. The van der Waals surface area contributed by atoms with Gasteiger partial charge in [-0.3, -0.25) is 4.98 Å². The van der Waals surface area contributed by atoms with E-state index in [2.05, 4.69) is 29.2 Å². The fourth-order valence-electron chi connectivity index (χ4n) is 3.11. The summed E-state index contributed by atoms with van der Waals surface area (Å²) in [6.45, 7) is 2.43. The molecule has 0 atom stereocenters. The molecule has 3 heterocycles. The Labute approximate surface area is 111 Å². The Balaban J connectivity index is 2.02. The third-order valence-electron chi connectivity index (χ3n) is 3.96. The van der Waals surface area contributed by atoms with Gasteiger partial charge in [-0.05, 0) is 18.9 Å². The lowest BCUT2D eigenvalue weighted by molar-refractivity contribution is 0.949. The summed E-state index contributed by atoms with van der Waals surface area (Å²) < 4.78 is 0. The van der Waals surface area contributed by atoms with Crippen molar-refractivity contribution in [3.05, 3.63) is 35.5 Å². The predicted molar refractivity (Wildman–Crippen MR) is 78.2 cm³/mol. The lowest BCUT2D eigenvalue weighted by Gasteiger charge is -2.23. The van der Waals surface area contributed by atoms with Gasteiger partial charge in [0, 0.05) is 35.5 Å². The third kappa shape index (κ3) is 1.53. The molecular formula is C15H16N2S. The van der Waals surface area contributed by atoms with Gasteiger partial charge in [-0.1, -0.05) is 18.2 Å². The summed E-state index contributed by atoms with van der Waals surface area (Å²) in [5.74, 6) is 2.22. The van der Waals surface area contributed by atoms with Crippen LogP contribution in [0.1, 0.15) is 24.1 Å². The summed E-state index contributed by atoms with van der Waals surface area (Å²) in [6, 6.07) is 8.62. The van der Waals surface area contributed by atoms with Crippen molar-refractivity contribution in [2.75, 3.05) is 18.0 Å². The lowest BCUT2D eigenvalue weighted by Crippen LogP contribution is -2.20. The van der Waals surface area contributed by atoms with E-state index >= 15 is 0 Å². The van der Waals surface area contributed by atoms with E-state index < -0.39 is 0 Å². The molecule has 0 N–H and O–H groups in total. The average Bonchev–Trinajstić information content (AvgIpc) is 3.06. The molecule has 0 saturated carbocycles. The highest BCUT2D eigenvalue weighted by Crippen LogP contribution is 2.40. The number of pyridine rings is 1. The molecule has 0 aliphatic carbocycles. The maximum atomic E-state index is 4.84. The molecule has 1 aromatic heterocycles. The summed E-state index contributed by atoms with van der Waals surface area (Å²) in [4.78, 5) is 7.42. The first-order valence-corrected chi connectivity index (χ1v) is 7.82. The second kappa shape index (κ2) is 4.16. The minimum atomic E-state index is 1.08. The lowest BCUT2D eigenvalue weighted by atomic mass is 10.1. The quantitative estimate of drug-likeness (QED) is 0.776. The molecule has 3 heteroatoms. The maximum Gasteiger partial charge on any atom is 0.0726 e. The first kappa shape index (κ1) is 10.7. The number of anilines is 1. The molecule has 4 rings (SSSR count). The molecule has 2 aliphatic rings. The number of nitrogens with zero attached hydrogens (tertiary/aromatic N) is 2. The van der Waals surface area contributed by atoms with Gasteiger partial charge in [-0.15, -0.1) is 0 Å². The smallest absolute Gasteiger partial charge is 0.0726 e. The summed E-state index contributed by atoms with van der Waals surface area (Å²) in [6.07, 6.45) is 2.66. The van der Waals surface area contributed by atoms with E-state index in [1.54, 1.807) is 0 Å². The van der Waals surface area contributed by atoms with Gasteiger partial charge in [-0.2, -0.15) is 11.8 Å². The average molecular weight is 256 g/mol. The Morgan fingerprint density at radius 1 is 1.06 bits per heavy atom. The van der Waals surface area contributed by atoms with Crippen LogP contribution in [0.15, 0.2) is 24.3 Å². The van der Waals surface area contributed by atoms with Gasteiger partial charge in [0.05, 0.1) is 16.9 Å². The standard InChI is InChI=1S/C15H16N2S/c1-2-6-13-11(5-1)15(17-7-3-4-8-17)12-9-18-10-14(12)16-13/h1-2,5-6H,3-4,7-10H2. The minimum absolute atomic E-state index is 1.08. The van der Waals surface area contributed by atoms with Crippen LogP contribution in [0.5, 0.6) is 0 Å². The first-order chi connectivity index (χ1) is 8.93. The van der Waals surface area contributed by atoms with Crippen LogP contribution in [-0.4, -0.2) is 18.1 Å². The van der Waals surface area contributed by atoms with Gasteiger partial charge in [-0.25, -0.2) is 0 Å². The Hall–Kier alpha value is -1.22. The number of fused-ring (bicyclic) bond motifs is 2. The van der Waals surface area contributed by atoms with Crippen molar-refractivity contribution in [1.29, 1.82) is 0 Å². The second-order valence-corrected chi connectivity index (χ2v) is 6.08. The van der Waals surface area contributed by atoms with Crippen LogP contribution in [0.2, 0.25) is 0 Å². The van der Waals surface area contributed by atoms with Crippen molar-refractivity contribution in [1.82, 2.24) is 4.98 Å². The molecule has 0 unspecified atom stereocenters. The molecule has 2 aromatic rings. The van der Waals surface area contributed by atoms with Gasteiger partial charge in [0.1, 0.15) is 0 Å². The van der Waals surface area contributed by atoms with Gasteiger partial charge >= 0.3 is 0 Å². The molecular weight excluding hydrogens is 240 g/mol. The van der Waals surface area contributed by atoms with Crippen LogP contribution in [0, 0.1) is 0 Å². The third-order valence-corrected chi connectivity index (χ3v) is 4.93. The highest BCUT2D eigenvalue weighted by atomic mass is 32.2. The number of aromatic nitrogens is 1. The van der Waals surface area contributed by atoms with Crippen molar-refractivity contribution >= 4 is 28.4 Å². The fourth-order valence-corrected chi connectivity index (χ4v) is 4.15. The van der Waals surface area contributed by atoms with Gasteiger partial charge < -0.3 is 4.90 Å². The Bertz CT molecular complexity index is 603. The van der Waals surface area contributed by atoms with E-state index in [9.17, 15) is 0 Å². The zero-order valence-electron chi connectivity index (χ0n) is 10.4. The molecule has 1 saturated heterocycles. The van der Waals surface area contributed by atoms with Crippen molar-refractivity contribution in [2.45, 2.75) is 24.3 Å². The minimum Gasteiger partial charge on any atom is -0.371 e. The van der Waals surface area contributed by atoms with E-state index in [1.807, 2.05) is 11.8 Å².